The molecule has 0 aromatic heterocycles. The SMILES string of the molecule is CCC(CC)(CC)C(CC(C(=O)O)P(=O)(O)O)c1ccccc1. The summed E-state index contributed by atoms with van der Waals surface area (Å²) in [6.07, 6.45) is 2.42. The predicted octanol–water partition coefficient (Wildman–Crippen LogP) is 4.01. The molecule has 2 unspecified atom stereocenters. The van der Waals surface area contributed by atoms with Crippen molar-refractivity contribution in [2.75, 3.05) is 0 Å². The van der Waals surface area contributed by atoms with Gasteiger partial charge in [0.1, 0.15) is 0 Å². The molecule has 0 bridgehead atoms. The number of aliphatic carboxylic acids is 1. The van der Waals surface area contributed by atoms with Crippen LogP contribution in [0.4, 0.5) is 0 Å². The molecule has 5 nitrogen and oxygen atoms in total. The highest BCUT2D eigenvalue weighted by Crippen LogP contribution is 2.52. The van der Waals surface area contributed by atoms with E-state index in [2.05, 4.69) is 20.8 Å². The zero-order valence-electron chi connectivity index (χ0n) is 14.0. The molecule has 0 aliphatic carbocycles. The average molecular weight is 342 g/mol. The molecule has 0 saturated heterocycles. The maximum absolute atomic E-state index is 11.6. The van der Waals surface area contributed by atoms with E-state index in [1.807, 2.05) is 30.3 Å². The van der Waals surface area contributed by atoms with Gasteiger partial charge in [-0.15, -0.1) is 0 Å². The molecule has 0 radical (unpaired) electrons. The summed E-state index contributed by atoms with van der Waals surface area (Å²) in [6.45, 7) is 6.16. The van der Waals surface area contributed by atoms with Gasteiger partial charge in [-0.1, -0.05) is 51.1 Å². The van der Waals surface area contributed by atoms with Gasteiger partial charge in [0.15, 0.2) is 5.66 Å². The van der Waals surface area contributed by atoms with Crippen molar-refractivity contribution >= 4 is 13.6 Å². The number of hydrogen-bond donors (Lipinski definition) is 3. The van der Waals surface area contributed by atoms with E-state index in [9.17, 15) is 24.3 Å². The molecular formula is C17H27O5P. The summed E-state index contributed by atoms with van der Waals surface area (Å²) < 4.78 is 11.6. The van der Waals surface area contributed by atoms with Gasteiger partial charge in [-0.05, 0) is 42.6 Å². The van der Waals surface area contributed by atoms with Crippen LogP contribution in [-0.4, -0.2) is 26.5 Å². The summed E-state index contributed by atoms with van der Waals surface area (Å²) in [5.41, 5.74) is -0.904. The van der Waals surface area contributed by atoms with Crippen LogP contribution in [0, 0.1) is 5.41 Å². The fourth-order valence-corrected chi connectivity index (χ4v) is 4.29. The first kappa shape index (κ1) is 19.9. The minimum Gasteiger partial charge on any atom is -0.481 e. The Labute approximate surface area is 137 Å². The highest BCUT2D eigenvalue weighted by Gasteiger charge is 2.43. The van der Waals surface area contributed by atoms with E-state index < -0.39 is 19.2 Å². The highest BCUT2D eigenvalue weighted by molar-refractivity contribution is 7.53. The van der Waals surface area contributed by atoms with Crippen LogP contribution in [0.3, 0.4) is 0 Å². The number of carbonyl (C=O) groups is 1. The van der Waals surface area contributed by atoms with Crippen molar-refractivity contribution in [3.8, 4) is 0 Å². The lowest BCUT2D eigenvalue weighted by atomic mass is 9.65. The minimum absolute atomic E-state index is 0.0564. The van der Waals surface area contributed by atoms with Gasteiger partial charge in [0, 0.05) is 0 Å². The van der Waals surface area contributed by atoms with Crippen molar-refractivity contribution in [3.05, 3.63) is 35.9 Å². The Morgan fingerprint density at radius 3 is 1.91 bits per heavy atom. The molecule has 3 N–H and O–H groups in total. The lowest BCUT2D eigenvalue weighted by Gasteiger charge is -2.40. The Balaban J connectivity index is 3.35. The van der Waals surface area contributed by atoms with Crippen LogP contribution in [0.5, 0.6) is 0 Å². The maximum atomic E-state index is 11.6. The molecule has 2 atom stereocenters. The zero-order valence-corrected chi connectivity index (χ0v) is 14.9. The van der Waals surface area contributed by atoms with Crippen LogP contribution in [0.1, 0.15) is 57.9 Å². The van der Waals surface area contributed by atoms with Crippen LogP contribution in [0.25, 0.3) is 0 Å². The molecule has 0 saturated carbocycles. The predicted molar refractivity (Wildman–Crippen MR) is 90.6 cm³/mol. The fourth-order valence-electron chi connectivity index (χ4n) is 3.52. The normalized spacial score (nSPS) is 15.2. The number of carboxylic acid groups (broad SMARTS) is 1. The third kappa shape index (κ3) is 4.66. The highest BCUT2D eigenvalue weighted by atomic mass is 31.2. The van der Waals surface area contributed by atoms with Gasteiger partial charge in [0.05, 0.1) is 0 Å². The minimum atomic E-state index is -4.71. The first-order valence-corrected chi connectivity index (χ1v) is 9.73. The van der Waals surface area contributed by atoms with Crippen LogP contribution >= 0.6 is 7.60 Å². The van der Waals surface area contributed by atoms with E-state index in [-0.39, 0.29) is 17.8 Å². The zero-order chi connectivity index (χ0) is 17.7. The smallest absolute Gasteiger partial charge is 0.339 e. The van der Waals surface area contributed by atoms with Gasteiger partial charge in [-0.2, -0.15) is 0 Å². The molecule has 23 heavy (non-hydrogen) atoms. The van der Waals surface area contributed by atoms with Crippen molar-refractivity contribution in [1.82, 2.24) is 0 Å². The van der Waals surface area contributed by atoms with Crippen molar-refractivity contribution in [2.45, 2.75) is 58.0 Å². The number of benzene rings is 1. The van der Waals surface area contributed by atoms with Gasteiger partial charge in [-0.25, -0.2) is 0 Å². The molecule has 0 heterocycles. The largest absolute Gasteiger partial charge is 0.481 e. The number of hydrogen-bond acceptors (Lipinski definition) is 2. The topological polar surface area (TPSA) is 94.8 Å². The van der Waals surface area contributed by atoms with Gasteiger partial charge < -0.3 is 14.9 Å². The Morgan fingerprint density at radius 2 is 1.57 bits per heavy atom. The Bertz CT molecular complexity index is 539. The Kier molecular flexibility index (Phi) is 7.00. The molecule has 1 rings (SSSR count). The molecule has 1 aromatic carbocycles. The summed E-state index contributed by atoms with van der Waals surface area (Å²) in [5.74, 6) is -1.64. The van der Waals surface area contributed by atoms with E-state index >= 15 is 0 Å². The summed E-state index contributed by atoms with van der Waals surface area (Å²) in [7, 11) is -4.71. The van der Waals surface area contributed by atoms with Gasteiger partial charge in [0.25, 0.3) is 0 Å². The van der Waals surface area contributed by atoms with Crippen LogP contribution in [-0.2, 0) is 9.36 Å². The third-order valence-corrected chi connectivity index (χ3v) is 6.45. The lowest BCUT2D eigenvalue weighted by Crippen LogP contribution is -2.33. The monoisotopic (exact) mass is 342 g/mol. The lowest BCUT2D eigenvalue weighted by molar-refractivity contribution is -0.137. The van der Waals surface area contributed by atoms with Crippen molar-refractivity contribution < 1.29 is 24.3 Å². The Hall–Kier alpha value is -1.16. The number of carboxylic acids is 1. The van der Waals surface area contributed by atoms with Crippen LogP contribution in [0.15, 0.2) is 30.3 Å². The quantitative estimate of drug-likeness (QED) is 0.590. The second kappa shape index (κ2) is 8.09. The molecule has 130 valence electrons. The first-order valence-electron chi connectivity index (χ1n) is 8.04. The summed E-state index contributed by atoms with van der Waals surface area (Å²) in [5, 5.41) is 9.30. The molecule has 0 amide bonds. The number of rotatable bonds is 9. The van der Waals surface area contributed by atoms with Crippen molar-refractivity contribution in [3.63, 3.8) is 0 Å². The van der Waals surface area contributed by atoms with E-state index in [1.165, 1.54) is 0 Å². The standard InChI is InChI=1S/C17H27O5P/c1-4-17(5-2,6-3)14(13-10-8-7-9-11-13)12-15(16(18)19)23(20,21)22/h7-11,14-15H,4-6,12H2,1-3H3,(H,18,19)(H2,20,21,22). The molecular weight excluding hydrogens is 315 g/mol. The summed E-state index contributed by atoms with van der Waals surface area (Å²) >= 11 is 0. The Morgan fingerprint density at radius 1 is 1.09 bits per heavy atom. The van der Waals surface area contributed by atoms with E-state index in [0.29, 0.717) is 0 Å². The molecule has 0 spiro atoms. The van der Waals surface area contributed by atoms with Crippen LogP contribution in [0.2, 0.25) is 0 Å². The van der Waals surface area contributed by atoms with Gasteiger partial charge >= 0.3 is 13.6 Å². The summed E-state index contributed by atoms with van der Waals surface area (Å²) in [4.78, 5) is 30.3. The van der Waals surface area contributed by atoms with Gasteiger partial charge in [-0.3, -0.25) is 9.36 Å². The fraction of sp³-hybridized carbons (Fsp3) is 0.588. The third-order valence-electron chi connectivity index (χ3n) is 5.20. The van der Waals surface area contributed by atoms with Crippen LogP contribution < -0.4 is 0 Å². The second-order valence-electron chi connectivity index (χ2n) is 6.07. The van der Waals surface area contributed by atoms with Gasteiger partial charge in [0.2, 0.25) is 0 Å². The molecule has 0 fully saturated rings. The molecule has 0 aliphatic rings. The van der Waals surface area contributed by atoms with E-state index in [1.54, 1.807) is 0 Å². The molecule has 6 heteroatoms. The second-order valence-corrected chi connectivity index (χ2v) is 7.87. The van der Waals surface area contributed by atoms with Crippen molar-refractivity contribution in [1.29, 1.82) is 0 Å². The maximum Gasteiger partial charge on any atom is 0.339 e. The van der Waals surface area contributed by atoms with E-state index in [4.69, 9.17) is 0 Å². The average Bonchev–Trinajstić information content (AvgIpc) is 2.51. The molecule has 1 aromatic rings. The van der Waals surface area contributed by atoms with E-state index in [0.717, 1.165) is 24.8 Å². The summed E-state index contributed by atoms with van der Waals surface area (Å²) in [6, 6.07) is 9.46. The van der Waals surface area contributed by atoms with Crippen molar-refractivity contribution in [2.24, 2.45) is 5.41 Å². The molecule has 0 aliphatic heterocycles. The first-order chi connectivity index (χ1) is 10.7.